The predicted octanol–water partition coefficient (Wildman–Crippen LogP) is -0.301. The van der Waals surface area contributed by atoms with Gasteiger partial charge in [-0.3, -0.25) is 9.59 Å². The average molecular weight is 381 g/mol. The Morgan fingerprint density at radius 1 is 1.35 bits per heavy atom. The number of amides is 2. The van der Waals surface area contributed by atoms with Gasteiger partial charge in [-0.15, -0.1) is 0 Å². The van der Waals surface area contributed by atoms with Gasteiger partial charge in [0, 0.05) is 32.4 Å². The van der Waals surface area contributed by atoms with Crippen molar-refractivity contribution in [2.45, 2.75) is 11.8 Å². The second-order valence-corrected chi connectivity index (χ2v) is 8.54. The van der Waals surface area contributed by atoms with Crippen LogP contribution < -0.4 is 9.62 Å². The molecule has 1 aromatic carbocycles. The van der Waals surface area contributed by atoms with Crippen LogP contribution in [0.3, 0.4) is 0 Å². The standard InChI is InChI=1S/C17H23N3O5S/c1-25-10-9-20-14-6-4-3-5-13(14)17(16(20)22)7-8-19(12-17)15(21)11-18-26(2,23)24/h3-6,18H,7-12H2,1-2H3. The molecule has 3 rings (SSSR count). The van der Waals surface area contributed by atoms with E-state index in [1.807, 2.05) is 24.3 Å². The lowest BCUT2D eigenvalue weighted by Gasteiger charge is -2.24. The summed E-state index contributed by atoms with van der Waals surface area (Å²) in [5.41, 5.74) is 1.02. The molecule has 1 atom stereocenters. The fraction of sp³-hybridized carbons (Fsp3) is 0.529. The zero-order valence-corrected chi connectivity index (χ0v) is 15.7. The first-order valence-corrected chi connectivity index (χ1v) is 10.3. The molecule has 8 nitrogen and oxygen atoms in total. The number of fused-ring (bicyclic) bond motifs is 2. The van der Waals surface area contributed by atoms with Gasteiger partial charge in [-0.25, -0.2) is 13.1 Å². The van der Waals surface area contributed by atoms with Gasteiger partial charge >= 0.3 is 0 Å². The predicted molar refractivity (Wildman–Crippen MR) is 96.4 cm³/mol. The van der Waals surface area contributed by atoms with Gasteiger partial charge in [0.1, 0.15) is 0 Å². The number of likely N-dealkylation sites (tertiary alicyclic amines) is 1. The van der Waals surface area contributed by atoms with Gasteiger partial charge in [0.25, 0.3) is 0 Å². The number of hydrogen-bond acceptors (Lipinski definition) is 5. The Morgan fingerprint density at radius 3 is 2.77 bits per heavy atom. The molecule has 0 aliphatic carbocycles. The van der Waals surface area contributed by atoms with E-state index in [-0.39, 0.29) is 24.9 Å². The number of methoxy groups -OCH3 is 1. The molecule has 2 heterocycles. The van der Waals surface area contributed by atoms with E-state index >= 15 is 0 Å². The Hall–Kier alpha value is -1.97. The zero-order chi connectivity index (χ0) is 18.9. The molecular formula is C17H23N3O5S. The minimum atomic E-state index is -3.44. The molecule has 26 heavy (non-hydrogen) atoms. The van der Waals surface area contributed by atoms with E-state index in [4.69, 9.17) is 4.74 Å². The summed E-state index contributed by atoms with van der Waals surface area (Å²) in [5, 5.41) is 0. The SMILES string of the molecule is COCCN1C(=O)C2(CCN(C(=O)CNS(C)(=O)=O)C2)c2ccccc21. The molecule has 0 bridgehead atoms. The Bertz CT molecular complexity index is 825. The molecule has 2 aliphatic rings. The molecular weight excluding hydrogens is 358 g/mol. The molecule has 0 radical (unpaired) electrons. The van der Waals surface area contributed by atoms with Gasteiger partial charge in [-0.2, -0.15) is 0 Å². The van der Waals surface area contributed by atoms with Crippen molar-refractivity contribution in [3.63, 3.8) is 0 Å². The molecule has 1 aromatic rings. The molecule has 2 aliphatic heterocycles. The van der Waals surface area contributed by atoms with Gasteiger partial charge in [-0.1, -0.05) is 18.2 Å². The summed E-state index contributed by atoms with van der Waals surface area (Å²) in [4.78, 5) is 28.8. The first-order valence-electron chi connectivity index (χ1n) is 8.41. The van der Waals surface area contributed by atoms with Crippen LogP contribution in [-0.4, -0.2) is 71.3 Å². The average Bonchev–Trinajstić information content (AvgIpc) is 3.14. The highest BCUT2D eigenvalue weighted by atomic mass is 32.2. The second-order valence-electron chi connectivity index (χ2n) is 6.71. The van der Waals surface area contributed by atoms with E-state index in [1.54, 1.807) is 16.9 Å². The van der Waals surface area contributed by atoms with E-state index in [0.717, 1.165) is 17.5 Å². The maximum absolute atomic E-state index is 13.2. The van der Waals surface area contributed by atoms with Gasteiger partial charge in [-0.05, 0) is 18.1 Å². The van der Waals surface area contributed by atoms with Crippen molar-refractivity contribution in [3.05, 3.63) is 29.8 Å². The fourth-order valence-corrected chi connectivity index (χ4v) is 4.11. The summed E-state index contributed by atoms with van der Waals surface area (Å²) in [6.07, 6.45) is 1.53. The molecule has 9 heteroatoms. The maximum atomic E-state index is 13.2. The van der Waals surface area contributed by atoms with Crippen LogP contribution in [-0.2, 0) is 29.8 Å². The topological polar surface area (TPSA) is 96.0 Å². The number of para-hydroxylation sites is 1. The molecule has 1 unspecified atom stereocenters. The van der Waals surface area contributed by atoms with E-state index < -0.39 is 15.4 Å². The van der Waals surface area contributed by atoms with E-state index in [1.165, 1.54) is 0 Å². The van der Waals surface area contributed by atoms with Gasteiger partial charge in [0.05, 0.1) is 24.8 Å². The van der Waals surface area contributed by atoms with Crippen molar-refractivity contribution in [3.8, 4) is 0 Å². The molecule has 142 valence electrons. The Kier molecular flexibility index (Phi) is 5.05. The number of anilines is 1. The molecule has 1 saturated heterocycles. The summed E-state index contributed by atoms with van der Waals surface area (Å²) in [6.45, 7) is 1.27. The Labute approximate surface area is 153 Å². The lowest BCUT2D eigenvalue weighted by molar-refractivity contribution is -0.129. The lowest BCUT2D eigenvalue weighted by Crippen LogP contribution is -2.45. The highest BCUT2D eigenvalue weighted by Crippen LogP contribution is 2.47. The number of nitrogens with zero attached hydrogens (tertiary/aromatic N) is 2. The van der Waals surface area contributed by atoms with Crippen molar-refractivity contribution in [1.82, 2.24) is 9.62 Å². The maximum Gasteiger partial charge on any atom is 0.239 e. The third-order valence-corrected chi connectivity index (χ3v) is 5.66. The lowest BCUT2D eigenvalue weighted by atomic mass is 9.81. The Morgan fingerprint density at radius 2 is 2.08 bits per heavy atom. The number of sulfonamides is 1. The second kappa shape index (κ2) is 6.98. The monoisotopic (exact) mass is 381 g/mol. The van der Waals surface area contributed by atoms with Crippen LogP contribution in [0.1, 0.15) is 12.0 Å². The number of rotatable bonds is 6. The summed E-state index contributed by atoms with van der Waals surface area (Å²) in [5.74, 6) is -0.352. The number of carbonyl (C=O) groups is 2. The molecule has 0 aromatic heterocycles. The highest BCUT2D eigenvalue weighted by molar-refractivity contribution is 7.88. The largest absolute Gasteiger partial charge is 0.383 e. The van der Waals surface area contributed by atoms with Crippen LogP contribution in [0.5, 0.6) is 0 Å². The molecule has 1 N–H and O–H groups in total. The minimum Gasteiger partial charge on any atom is -0.383 e. The van der Waals surface area contributed by atoms with E-state index in [9.17, 15) is 18.0 Å². The van der Waals surface area contributed by atoms with Crippen molar-refractivity contribution in [2.75, 3.05) is 51.1 Å². The third-order valence-electron chi connectivity index (χ3n) is 4.99. The van der Waals surface area contributed by atoms with Crippen LogP contribution in [0.15, 0.2) is 24.3 Å². The Balaban J connectivity index is 1.82. The van der Waals surface area contributed by atoms with Gasteiger partial charge < -0.3 is 14.5 Å². The zero-order valence-electron chi connectivity index (χ0n) is 14.9. The normalized spacial score (nSPS) is 22.3. The summed E-state index contributed by atoms with van der Waals surface area (Å²) < 4.78 is 29.7. The third kappa shape index (κ3) is 3.34. The van der Waals surface area contributed by atoms with Crippen LogP contribution in [0.2, 0.25) is 0 Å². The first kappa shape index (κ1) is 18.8. The first-order chi connectivity index (χ1) is 12.3. The quantitative estimate of drug-likeness (QED) is 0.730. The molecule has 2 amide bonds. The number of nitrogens with one attached hydrogen (secondary N) is 1. The van der Waals surface area contributed by atoms with Crippen LogP contribution in [0, 0.1) is 0 Å². The number of benzene rings is 1. The summed E-state index contributed by atoms with van der Waals surface area (Å²) in [6, 6.07) is 7.62. The number of hydrogen-bond donors (Lipinski definition) is 1. The van der Waals surface area contributed by atoms with Crippen LogP contribution in [0.4, 0.5) is 5.69 Å². The smallest absolute Gasteiger partial charge is 0.239 e. The molecule has 1 spiro atoms. The molecule has 1 fully saturated rings. The van der Waals surface area contributed by atoms with Crippen LogP contribution in [0.25, 0.3) is 0 Å². The van der Waals surface area contributed by atoms with E-state index in [0.29, 0.717) is 26.1 Å². The van der Waals surface area contributed by atoms with Crippen molar-refractivity contribution in [2.24, 2.45) is 0 Å². The van der Waals surface area contributed by atoms with Crippen molar-refractivity contribution >= 4 is 27.5 Å². The fourth-order valence-electron chi connectivity index (χ4n) is 3.72. The van der Waals surface area contributed by atoms with E-state index in [2.05, 4.69) is 4.72 Å². The summed E-state index contributed by atoms with van der Waals surface area (Å²) in [7, 11) is -1.85. The number of ether oxygens (including phenoxy) is 1. The van der Waals surface area contributed by atoms with Crippen molar-refractivity contribution < 1.29 is 22.7 Å². The van der Waals surface area contributed by atoms with Gasteiger partial charge in [0.2, 0.25) is 21.8 Å². The summed E-state index contributed by atoms with van der Waals surface area (Å²) >= 11 is 0. The highest BCUT2D eigenvalue weighted by Gasteiger charge is 2.54. The van der Waals surface area contributed by atoms with Crippen LogP contribution >= 0.6 is 0 Å². The minimum absolute atomic E-state index is 0.0258. The van der Waals surface area contributed by atoms with Crippen molar-refractivity contribution in [1.29, 1.82) is 0 Å². The van der Waals surface area contributed by atoms with Gasteiger partial charge in [0.15, 0.2) is 0 Å². The molecule has 0 saturated carbocycles. The number of carbonyl (C=O) groups excluding carboxylic acids is 2.